The Morgan fingerprint density at radius 2 is 1.70 bits per heavy atom. The maximum absolute atomic E-state index is 9.59. The van der Waals surface area contributed by atoms with Gasteiger partial charge in [0.1, 0.15) is 0 Å². The Morgan fingerprint density at radius 1 is 0.933 bits per heavy atom. The number of aromatic nitrogens is 1. The molecule has 4 heteroatoms. The summed E-state index contributed by atoms with van der Waals surface area (Å²) < 4.78 is 0. The number of hydrogen-bond acceptors (Lipinski definition) is 3. The summed E-state index contributed by atoms with van der Waals surface area (Å²) in [6, 6.07) is 18.0. The van der Waals surface area contributed by atoms with Crippen molar-refractivity contribution in [3.63, 3.8) is 0 Å². The smallest absolute Gasteiger partial charge is 0.0595 e. The van der Waals surface area contributed by atoms with E-state index in [-0.39, 0.29) is 38.2 Å². The first-order chi connectivity index (χ1) is 14.0. The van der Waals surface area contributed by atoms with Gasteiger partial charge in [0, 0.05) is 32.2 Å². The van der Waals surface area contributed by atoms with Gasteiger partial charge in [-0.25, -0.2) is 0 Å². The zero-order valence-electron chi connectivity index (χ0n) is 17.6. The van der Waals surface area contributed by atoms with Crippen molar-refractivity contribution in [1.29, 1.82) is 0 Å². The molecule has 1 aromatic heterocycles. The van der Waals surface area contributed by atoms with E-state index in [1.165, 1.54) is 22.8 Å². The second kappa shape index (κ2) is 10.2. The van der Waals surface area contributed by atoms with Crippen LogP contribution in [0.5, 0.6) is 0 Å². The molecule has 2 aliphatic carbocycles. The zero-order valence-corrected chi connectivity index (χ0v) is 20.0. The molecule has 3 aromatic rings. The van der Waals surface area contributed by atoms with Crippen LogP contribution in [0.1, 0.15) is 43.2 Å². The van der Waals surface area contributed by atoms with E-state index in [2.05, 4.69) is 61.3 Å². The second-order valence-electron chi connectivity index (χ2n) is 8.62. The minimum absolute atomic E-state index is 0. The first-order valence-corrected chi connectivity index (χ1v) is 10.7. The Kier molecular flexibility index (Phi) is 7.81. The van der Waals surface area contributed by atoms with Gasteiger partial charge in [-0.05, 0) is 54.1 Å². The molecule has 1 heterocycles. The Bertz CT molecular complexity index is 962. The molecule has 4 atom stereocenters. The summed E-state index contributed by atoms with van der Waals surface area (Å²) in [6.07, 6.45) is 6.74. The summed E-state index contributed by atoms with van der Waals surface area (Å²) in [7, 11) is 0. The summed E-state index contributed by atoms with van der Waals surface area (Å²) in [5.74, 6) is 0.831. The Hall–Kier alpha value is -1.58. The molecule has 4 unspecified atom stereocenters. The molecule has 2 fully saturated rings. The molecular weight excluding hydrogens is 551 g/mol. The van der Waals surface area contributed by atoms with Crippen molar-refractivity contribution in [3.8, 4) is 11.3 Å². The van der Waals surface area contributed by atoms with Gasteiger partial charge >= 0.3 is 0 Å². The van der Waals surface area contributed by atoms with Crippen LogP contribution in [-0.2, 0) is 20.1 Å². The van der Waals surface area contributed by atoms with Crippen LogP contribution >= 0.6 is 0 Å². The second-order valence-corrected chi connectivity index (χ2v) is 8.62. The topological polar surface area (TPSA) is 53.4 Å². The Labute approximate surface area is 192 Å². The van der Waals surface area contributed by atoms with Crippen LogP contribution in [0.3, 0.4) is 0 Å². The van der Waals surface area contributed by atoms with E-state index < -0.39 is 0 Å². The number of aliphatic hydroxyl groups is 2. The summed E-state index contributed by atoms with van der Waals surface area (Å²) in [4.78, 5) is 4.53. The maximum Gasteiger partial charge on any atom is 0.0595 e. The van der Waals surface area contributed by atoms with Crippen molar-refractivity contribution in [1.82, 2.24) is 4.98 Å². The van der Waals surface area contributed by atoms with E-state index in [0.717, 1.165) is 42.5 Å². The molecule has 0 saturated heterocycles. The molecule has 0 bridgehead atoms. The van der Waals surface area contributed by atoms with Crippen LogP contribution in [0.15, 0.2) is 48.7 Å². The first-order valence-electron chi connectivity index (χ1n) is 10.7. The van der Waals surface area contributed by atoms with Gasteiger partial charge in [-0.15, -0.1) is 34.9 Å². The molecule has 161 valence electrons. The molecule has 5 rings (SSSR count). The van der Waals surface area contributed by atoms with E-state index >= 15 is 0 Å². The van der Waals surface area contributed by atoms with E-state index in [0.29, 0.717) is 5.92 Å². The minimum Gasteiger partial charge on any atom is -0.393 e. The van der Waals surface area contributed by atoms with Crippen LogP contribution in [0, 0.1) is 31.7 Å². The number of nitrogens with zero attached hydrogens (tertiary/aromatic N) is 1. The van der Waals surface area contributed by atoms with Gasteiger partial charge in [0.25, 0.3) is 0 Å². The number of fused-ring (bicyclic) bond motifs is 2. The molecular formula is C26H30IrNO2-. The van der Waals surface area contributed by atoms with Crippen molar-refractivity contribution in [3.05, 3.63) is 65.9 Å². The molecule has 0 aliphatic heterocycles. The number of pyridine rings is 1. The van der Waals surface area contributed by atoms with Gasteiger partial charge in [0.2, 0.25) is 0 Å². The SMILES string of the molecule is Cc1[c-]c(-c2nccc3ccccc23)cc(C)c1.OC1CCCC2CCC(O)C12.[Ir]. The summed E-state index contributed by atoms with van der Waals surface area (Å²) in [6.45, 7) is 4.18. The quantitative estimate of drug-likeness (QED) is 0.388. The van der Waals surface area contributed by atoms with Gasteiger partial charge in [0.15, 0.2) is 0 Å². The maximum atomic E-state index is 9.59. The van der Waals surface area contributed by atoms with Crippen LogP contribution in [-0.4, -0.2) is 27.4 Å². The van der Waals surface area contributed by atoms with Crippen molar-refractivity contribution >= 4 is 10.8 Å². The largest absolute Gasteiger partial charge is 0.393 e. The van der Waals surface area contributed by atoms with Gasteiger partial charge in [-0.2, -0.15) is 0 Å². The average molecular weight is 581 g/mol. The van der Waals surface area contributed by atoms with Gasteiger partial charge in [0.05, 0.1) is 12.2 Å². The first kappa shape index (κ1) is 23.1. The summed E-state index contributed by atoms with van der Waals surface area (Å²) in [5.41, 5.74) is 4.49. The third kappa shape index (κ3) is 5.00. The minimum atomic E-state index is -0.216. The van der Waals surface area contributed by atoms with Crippen LogP contribution < -0.4 is 0 Å². The molecule has 2 aromatic carbocycles. The van der Waals surface area contributed by atoms with E-state index in [1.807, 2.05) is 12.3 Å². The number of rotatable bonds is 1. The number of aliphatic hydroxyl groups excluding tert-OH is 2. The fraction of sp³-hybridized carbons (Fsp3) is 0.423. The zero-order chi connectivity index (χ0) is 20.4. The summed E-state index contributed by atoms with van der Waals surface area (Å²) in [5, 5.41) is 21.5. The molecule has 2 N–H and O–H groups in total. The van der Waals surface area contributed by atoms with Crippen LogP contribution in [0.2, 0.25) is 0 Å². The molecule has 2 aliphatic rings. The standard InChI is InChI=1S/C17H14N.C9H16O2.Ir/c1-12-9-13(2)11-15(10-12)17-16-6-4-3-5-14(16)7-8-18-17;10-7-3-1-2-6-4-5-8(11)9(6)7;/h3-10H,1-2H3;6-11H,1-5H2;/q-1;;. The van der Waals surface area contributed by atoms with Crippen LogP contribution in [0.4, 0.5) is 0 Å². The van der Waals surface area contributed by atoms with Gasteiger partial charge in [-0.1, -0.05) is 44.5 Å². The van der Waals surface area contributed by atoms with Gasteiger partial charge in [-0.3, -0.25) is 0 Å². The third-order valence-electron chi connectivity index (χ3n) is 6.42. The number of benzene rings is 2. The summed E-state index contributed by atoms with van der Waals surface area (Å²) >= 11 is 0. The van der Waals surface area contributed by atoms with Crippen molar-refractivity contribution in [2.24, 2.45) is 11.8 Å². The molecule has 0 spiro atoms. The van der Waals surface area contributed by atoms with Crippen molar-refractivity contribution in [2.45, 2.75) is 58.2 Å². The van der Waals surface area contributed by atoms with Crippen molar-refractivity contribution < 1.29 is 30.3 Å². The van der Waals surface area contributed by atoms with E-state index in [9.17, 15) is 10.2 Å². The fourth-order valence-corrected chi connectivity index (χ4v) is 5.13. The molecule has 3 nitrogen and oxygen atoms in total. The average Bonchev–Trinajstić information content (AvgIpc) is 3.09. The monoisotopic (exact) mass is 581 g/mol. The predicted molar refractivity (Wildman–Crippen MR) is 118 cm³/mol. The van der Waals surface area contributed by atoms with Gasteiger partial charge < -0.3 is 15.2 Å². The Morgan fingerprint density at radius 3 is 2.47 bits per heavy atom. The number of aryl methyl sites for hydroxylation is 2. The van der Waals surface area contributed by atoms with Crippen LogP contribution in [0.25, 0.3) is 22.0 Å². The van der Waals surface area contributed by atoms with Crippen molar-refractivity contribution in [2.75, 3.05) is 0 Å². The molecule has 1 radical (unpaired) electrons. The molecule has 30 heavy (non-hydrogen) atoms. The third-order valence-corrected chi connectivity index (χ3v) is 6.42. The predicted octanol–water partition coefficient (Wildman–Crippen LogP) is 5.23. The molecule has 0 amide bonds. The fourth-order valence-electron chi connectivity index (χ4n) is 5.13. The Balaban J connectivity index is 0.000000184. The number of hydrogen-bond donors (Lipinski definition) is 2. The normalized spacial score (nSPS) is 25.1. The van der Waals surface area contributed by atoms with E-state index in [4.69, 9.17) is 0 Å². The van der Waals surface area contributed by atoms with E-state index in [1.54, 1.807) is 0 Å². The molecule has 2 saturated carbocycles.